The molecule has 11 heteroatoms. The number of rotatable bonds is 13. The first-order valence-electron chi connectivity index (χ1n) is 14.0. The van der Waals surface area contributed by atoms with E-state index in [0.717, 1.165) is 9.87 Å². The average molecular weight is 657 g/mol. The lowest BCUT2D eigenvalue weighted by molar-refractivity contribution is -0.140. The smallest absolute Gasteiger partial charge is 0.264 e. The standard InChI is InChI=1S/C33H32Cl2FN3O4S/c1-2-20-37-33(41)30(21-24-12-5-3-6-13-24)38(22-25-14-9-10-18-28(25)36)31(40)23-39(29-19-11-17-27(34)32(29)35)44(42,43)26-15-7-4-8-16-26/h3-19,30H,2,20-23H2,1H3,(H,37,41)/t30-/m1/s1. The summed E-state index contributed by atoms with van der Waals surface area (Å²) in [6.07, 6.45) is 0.765. The molecule has 4 aromatic carbocycles. The van der Waals surface area contributed by atoms with Crippen molar-refractivity contribution in [3.05, 3.63) is 130 Å². The second kappa shape index (κ2) is 15.2. The Morgan fingerprint density at radius 1 is 0.864 bits per heavy atom. The van der Waals surface area contributed by atoms with Crippen molar-refractivity contribution in [2.75, 3.05) is 17.4 Å². The largest absolute Gasteiger partial charge is 0.354 e. The highest BCUT2D eigenvalue weighted by Gasteiger charge is 2.35. The number of amides is 2. The molecular formula is C33H32Cl2FN3O4S. The van der Waals surface area contributed by atoms with Crippen LogP contribution in [0.4, 0.5) is 10.1 Å². The van der Waals surface area contributed by atoms with Crippen molar-refractivity contribution in [2.45, 2.75) is 37.2 Å². The first-order chi connectivity index (χ1) is 21.1. The molecule has 0 aliphatic rings. The van der Waals surface area contributed by atoms with Gasteiger partial charge in [-0.1, -0.05) is 103 Å². The number of benzene rings is 4. The Hall–Kier alpha value is -3.92. The van der Waals surface area contributed by atoms with Crippen LogP contribution in [0.1, 0.15) is 24.5 Å². The van der Waals surface area contributed by atoms with Crippen molar-refractivity contribution in [3.8, 4) is 0 Å². The van der Waals surface area contributed by atoms with Crippen molar-refractivity contribution in [3.63, 3.8) is 0 Å². The Morgan fingerprint density at radius 2 is 1.50 bits per heavy atom. The molecule has 7 nitrogen and oxygen atoms in total. The zero-order valence-corrected chi connectivity index (χ0v) is 26.3. The van der Waals surface area contributed by atoms with Crippen molar-refractivity contribution in [2.24, 2.45) is 0 Å². The number of nitrogens with zero attached hydrogens (tertiary/aromatic N) is 2. The van der Waals surface area contributed by atoms with Crippen LogP contribution < -0.4 is 9.62 Å². The van der Waals surface area contributed by atoms with Gasteiger partial charge in [0.1, 0.15) is 18.4 Å². The van der Waals surface area contributed by atoms with Gasteiger partial charge in [-0.25, -0.2) is 12.8 Å². The minimum atomic E-state index is -4.35. The van der Waals surface area contributed by atoms with Crippen molar-refractivity contribution < 1.29 is 22.4 Å². The normalized spacial score (nSPS) is 11.9. The third-order valence-electron chi connectivity index (χ3n) is 6.93. The van der Waals surface area contributed by atoms with Crippen LogP contribution in [0.5, 0.6) is 0 Å². The fourth-order valence-electron chi connectivity index (χ4n) is 4.65. The number of carbonyl (C=O) groups excluding carboxylic acids is 2. The van der Waals surface area contributed by atoms with E-state index < -0.39 is 40.2 Å². The third kappa shape index (κ3) is 7.96. The van der Waals surface area contributed by atoms with E-state index in [1.54, 1.807) is 24.3 Å². The summed E-state index contributed by atoms with van der Waals surface area (Å²) in [5.74, 6) is -1.75. The molecule has 230 valence electrons. The highest BCUT2D eigenvalue weighted by molar-refractivity contribution is 7.92. The summed E-state index contributed by atoms with van der Waals surface area (Å²) in [6, 6.07) is 26.0. The van der Waals surface area contributed by atoms with Crippen molar-refractivity contribution in [1.29, 1.82) is 0 Å². The number of sulfonamides is 1. The van der Waals surface area contributed by atoms with Gasteiger partial charge in [0.25, 0.3) is 10.0 Å². The zero-order chi connectivity index (χ0) is 31.7. The Morgan fingerprint density at radius 3 is 2.16 bits per heavy atom. The lowest BCUT2D eigenvalue weighted by Gasteiger charge is -2.34. The molecule has 0 aromatic heterocycles. The van der Waals surface area contributed by atoms with E-state index in [-0.39, 0.29) is 39.2 Å². The number of nitrogens with one attached hydrogen (secondary N) is 1. The molecule has 1 atom stereocenters. The Balaban J connectivity index is 1.83. The first kappa shape index (κ1) is 33.0. The monoisotopic (exact) mass is 655 g/mol. The minimum absolute atomic E-state index is 0.0164. The molecule has 4 aromatic rings. The van der Waals surface area contributed by atoms with Gasteiger partial charge >= 0.3 is 0 Å². The third-order valence-corrected chi connectivity index (χ3v) is 9.51. The summed E-state index contributed by atoms with van der Waals surface area (Å²) in [5, 5.41) is 2.87. The van der Waals surface area contributed by atoms with Crippen LogP contribution in [-0.4, -0.2) is 44.3 Å². The van der Waals surface area contributed by atoms with Crippen LogP contribution in [-0.2, 0) is 32.6 Å². The predicted molar refractivity (Wildman–Crippen MR) is 172 cm³/mol. The van der Waals surface area contributed by atoms with Crippen molar-refractivity contribution in [1.82, 2.24) is 10.2 Å². The predicted octanol–water partition coefficient (Wildman–Crippen LogP) is 6.49. The maximum atomic E-state index is 15.0. The lowest BCUT2D eigenvalue weighted by atomic mass is 10.0. The topological polar surface area (TPSA) is 86.8 Å². The first-order valence-corrected chi connectivity index (χ1v) is 16.2. The highest BCUT2D eigenvalue weighted by Crippen LogP contribution is 2.35. The maximum Gasteiger partial charge on any atom is 0.264 e. The second-order valence-corrected chi connectivity index (χ2v) is 12.7. The summed E-state index contributed by atoms with van der Waals surface area (Å²) in [5.41, 5.74) is 0.917. The molecule has 0 fully saturated rings. The van der Waals surface area contributed by atoms with Gasteiger partial charge in [-0.05, 0) is 42.3 Å². The van der Waals surface area contributed by atoms with E-state index in [1.807, 2.05) is 37.3 Å². The Bertz CT molecular complexity index is 1690. The quantitative estimate of drug-likeness (QED) is 0.178. The van der Waals surface area contributed by atoms with E-state index in [0.29, 0.717) is 13.0 Å². The zero-order valence-electron chi connectivity index (χ0n) is 24.0. The number of carbonyl (C=O) groups is 2. The van der Waals surface area contributed by atoms with Gasteiger partial charge in [-0.2, -0.15) is 0 Å². The van der Waals surface area contributed by atoms with Gasteiger partial charge < -0.3 is 10.2 Å². The van der Waals surface area contributed by atoms with E-state index in [9.17, 15) is 22.4 Å². The van der Waals surface area contributed by atoms with Gasteiger partial charge in [0.15, 0.2) is 0 Å². The molecule has 0 aliphatic heterocycles. The Kier molecular flexibility index (Phi) is 11.4. The number of anilines is 1. The average Bonchev–Trinajstić information content (AvgIpc) is 3.03. The highest BCUT2D eigenvalue weighted by atomic mass is 35.5. The molecule has 0 aliphatic carbocycles. The van der Waals surface area contributed by atoms with E-state index in [4.69, 9.17) is 23.2 Å². The number of hydrogen-bond acceptors (Lipinski definition) is 4. The molecule has 0 bridgehead atoms. The van der Waals surface area contributed by atoms with Crippen LogP contribution in [0.3, 0.4) is 0 Å². The summed E-state index contributed by atoms with van der Waals surface area (Å²) >= 11 is 12.8. The van der Waals surface area contributed by atoms with Gasteiger partial charge in [-0.3, -0.25) is 13.9 Å². The molecule has 0 spiro atoms. The van der Waals surface area contributed by atoms with E-state index in [2.05, 4.69) is 5.32 Å². The van der Waals surface area contributed by atoms with Gasteiger partial charge in [-0.15, -0.1) is 0 Å². The van der Waals surface area contributed by atoms with E-state index in [1.165, 1.54) is 53.4 Å². The molecule has 0 saturated heterocycles. The molecule has 4 rings (SSSR count). The number of hydrogen-bond donors (Lipinski definition) is 1. The maximum absolute atomic E-state index is 15.0. The van der Waals surface area contributed by atoms with Crippen LogP contribution in [0.2, 0.25) is 10.0 Å². The SMILES string of the molecule is CCCNC(=O)[C@@H](Cc1ccccc1)N(Cc1ccccc1F)C(=O)CN(c1cccc(Cl)c1Cl)S(=O)(=O)c1ccccc1. The molecule has 2 amide bonds. The molecule has 0 radical (unpaired) electrons. The van der Waals surface area contributed by atoms with Crippen LogP contribution in [0.25, 0.3) is 0 Å². The summed E-state index contributed by atoms with van der Waals surface area (Å²) in [6.45, 7) is 1.23. The molecule has 44 heavy (non-hydrogen) atoms. The van der Waals surface area contributed by atoms with E-state index >= 15 is 0 Å². The molecular weight excluding hydrogens is 624 g/mol. The fourth-order valence-corrected chi connectivity index (χ4v) is 6.54. The van der Waals surface area contributed by atoms with Crippen LogP contribution in [0, 0.1) is 5.82 Å². The van der Waals surface area contributed by atoms with Crippen LogP contribution in [0.15, 0.2) is 108 Å². The van der Waals surface area contributed by atoms with Crippen LogP contribution >= 0.6 is 23.2 Å². The van der Waals surface area contributed by atoms with Gasteiger partial charge in [0, 0.05) is 25.1 Å². The number of halogens is 3. The molecule has 0 saturated carbocycles. The fraction of sp³-hybridized carbons (Fsp3) is 0.212. The second-order valence-electron chi connectivity index (χ2n) is 10.0. The van der Waals surface area contributed by atoms with Gasteiger partial charge in [0.2, 0.25) is 11.8 Å². The summed E-state index contributed by atoms with van der Waals surface area (Å²) in [7, 11) is -4.35. The lowest BCUT2D eigenvalue weighted by Crippen LogP contribution is -2.53. The van der Waals surface area contributed by atoms with Crippen molar-refractivity contribution >= 4 is 50.7 Å². The summed E-state index contributed by atoms with van der Waals surface area (Å²) < 4.78 is 43.9. The van der Waals surface area contributed by atoms with Gasteiger partial charge in [0.05, 0.1) is 20.6 Å². The minimum Gasteiger partial charge on any atom is -0.354 e. The Labute approximate surface area is 267 Å². The molecule has 0 unspecified atom stereocenters. The molecule has 1 N–H and O–H groups in total. The molecule has 0 heterocycles. The summed E-state index contributed by atoms with van der Waals surface area (Å²) in [4.78, 5) is 29.1.